The van der Waals surface area contributed by atoms with Gasteiger partial charge < -0.3 is 9.84 Å². The lowest BCUT2D eigenvalue weighted by Crippen LogP contribution is -2.43. The number of fused-ring (bicyclic) bond motifs is 4. The predicted molar refractivity (Wildman–Crippen MR) is 170 cm³/mol. The van der Waals surface area contributed by atoms with E-state index in [1.165, 1.54) is 62.4 Å². The van der Waals surface area contributed by atoms with Gasteiger partial charge in [0.25, 0.3) is 0 Å². The second-order valence-electron chi connectivity index (χ2n) is 13.0. The minimum atomic E-state index is -5.06. The smallest absolute Gasteiger partial charge is 0.508 e. The number of phenols is 1. The van der Waals surface area contributed by atoms with Crippen molar-refractivity contribution in [3.63, 3.8) is 0 Å². The van der Waals surface area contributed by atoms with E-state index in [0.717, 1.165) is 28.0 Å². The lowest BCUT2D eigenvalue weighted by Gasteiger charge is -2.44. The van der Waals surface area contributed by atoms with Gasteiger partial charge in [0.15, 0.2) is 11.6 Å². The lowest BCUT2D eigenvalue weighted by atomic mass is 9.57. The monoisotopic (exact) mass is 686 g/mol. The first-order valence-electron chi connectivity index (χ1n) is 15.9. The minimum absolute atomic E-state index is 0.0175. The Hall–Kier alpha value is -5.59. The van der Waals surface area contributed by atoms with E-state index >= 15 is 0 Å². The summed E-state index contributed by atoms with van der Waals surface area (Å²) in [6.07, 6.45) is -3.32. The van der Waals surface area contributed by atoms with E-state index in [2.05, 4.69) is 4.74 Å². The van der Waals surface area contributed by atoms with Gasteiger partial charge >= 0.3 is 6.36 Å². The molecule has 2 saturated heterocycles. The van der Waals surface area contributed by atoms with Crippen molar-refractivity contribution >= 4 is 46.6 Å². The van der Waals surface area contributed by atoms with Crippen LogP contribution in [0.5, 0.6) is 11.5 Å². The number of halogens is 3. The Morgan fingerprint density at radius 3 is 1.76 bits per heavy atom. The van der Waals surface area contributed by atoms with Crippen LogP contribution in [-0.4, -0.2) is 46.7 Å². The Bertz CT molecular complexity index is 2020. The second kappa shape index (κ2) is 11.8. The van der Waals surface area contributed by atoms with Crippen LogP contribution in [0.2, 0.25) is 0 Å². The molecule has 2 heterocycles. The normalized spacial score (nSPS) is 26.0. The Morgan fingerprint density at radius 2 is 1.24 bits per heavy atom. The molecule has 10 nitrogen and oxygen atoms in total. The number of hydrogen-bond acceptors (Lipinski definition) is 8. The summed E-state index contributed by atoms with van der Waals surface area (Å²) in [6, 6.07) is 14.7. The number of Topliss-reactive ketones (excluding diaryl/α,β-unsaturated/α-hetero) is 2. The average molecular weight is 687 g/mol. The van der Waals surface area contributed by atoms with E-state index in [0.29, 0.717) is 16.7 Å². The summed E-state index contributed by atoms with van der Waals surface area (Å²) < 4.78 is 44.0. The molecule has 2 aliphatic heterocycles. The molecule has 0 bridgehead atoms. The fourth-order valence-electron chi connectivity index (χ4n) is 8.11. The fourth-order valence-corrected chi connectivity index (χ4v) is 8.11. The third-order valence-corrected chi connectivity index (χ3v) is 10.3. The number of ketones is 2. The first-order valence-corrected chi connectivity index (χ1v) is 15.9. The zero-order chi connectivity index (χ0) is 35.8. The second-order valence-corrected chi connectivity index (χ2v) is 13.0. The van der Waals surface area contributed by atoms with Crippen molar-refractivity contribution in [3.8, 4) is 11.5 Å². The zero-order valence-corrected chi connectivity index (χ0v) is 26.6. The third-order valence-electron chi connectivity index (χ3n) is 10.3. The first-order chi connectivity index (χ1) is 23.7. The summed E-state index contributed by atoms with van der Waals surface area (Å²) in [5, 5.41) is 11.1. The van der Waals surface area contributed by atoms with Crippen molar-refractivity contribution in [2.75, 3.05) is 9.80 Å². The fraction of sp³-hybridized carbons (Fsp3) is 0.297. The maximum Gasteiger partial charge on any atom is 0.573 e. The molecule has 1 saturated carbocycles. The number of alkyl halides is 3. The molecule has 7 rings (SSSR count). The molecule has 2 aliphatic carbocycles. The number of phenolic OH excluding ortho intramolecular Hbond substituents is 1. The van der Waals surface area contributed by atoms with Crippen LogP contribution < -0.4 is 14.5 Å². The maximum atomic E-state index is 14.3. The number of benzene rings is 3. The van der Waals surface area contributed by atoms with E-state index in [4.69, 9.17) is 0 Å². The van der Waals surface area contributed by atoms with Crippen LogP contribution in [0.3, 0.4) is 0 Å². The minimum Gasteiger partial charge on any atom is -0.508 e. The Kier molecular flexibility index (Phi) is 7.76. The van der Waals surface area contributed by atoms with Gasteiger partial charge in [0.05, 0.1) is 35.0 Å². The molecule has 3 aromatic rings. The highest BCUT2D eigenvalue weighted by Gasteiger charge is 2.62. The van der Waals surface area contributed by atoms with E-state index in [1.807, 2.05) is 0 Å². The van der Waals surface area contributed by atoms with Gasteiger partial charge in [0, 0.05) is 22.6 Å². The largest absolute Gasteiger partial charge is 0.573 e. The van der Waals surface area contributed by atoms with Gasteiger partial charge in [-0.15, -0.1) is 13.2 Å². The highest BCUT2D eigenvalue weighted by molar-refractivity contribution is 6.24. The predicted octanol–water partition coefficient (Wildman–Crippen LogP) is 5.74. The molecule has 0 spiro atoms. The number of rotatable bonds is 6. The van der Waals surface area contributed by atoms with E-state index in [9.17, 15) is 47.0 Å². The number of allylic oxidation sites excluding steroid dienone is 2. The Labute approximate surface area is 283 Å². The number of anilines is 2. The van der Waals surface area contributed by atoms with Gasteiger partial charge in [-0.3, -0.25) is 38.6 Å². The number of ether oxygens (including phenoxy) is 1. The number of aromatic hydroxyl groups is 1. The molecule has 256 valence electrons. The van der Waals surface area contributed by atoms with Gasteiger partial charge in [0.1, 0.15) is 11.5 Å². The van der Waals surface area contributed by atoms with Crippen molar-refractivity contribution < 1.29 is 51.8 Å². The molecule has 1 N–H and O–H groups in total. The molecule has 3 fully saturated rings. The van der Waals surface area contributed by atoms with Crippen molar-refractivity contribution in [2.24, 2.45) is 29.6 Å². The molecule has 13 heteroatoms. The molecular formula is C37H29F3N2O8. The van der Waals surface area contributed by atoms with Crippen LogP contribution in [0.1, 0.15) is 58.9 Å². The summed E-state index contributed by atoms with van der Waals surface area (Å²) in [5.74, 6) is -9.81. The first kappa shape index (κ1) is 32.9. The topological polar surface area (TPSA) is 138 Å². The van der Waals surface area contributed by atoms with Crippen LogP contribution >= 0.6 is 0 Å². The summed E-state index contributed by atoms with van der Waals surface area (Å²) >= 11 is 0. The molecule has 0 radical (unpaired) electrons. The van der Waals surface area contributed by atoms with Crippen LogP contribution in [0.25, 0.3) is 0 Å². The molecule has 4 amide bonds. The van der Waals surface area contributed by atoms with Gasteiger partial charge in [-0.25, -0.2) is 0 Å². The van der Waals surface area contributed by atoms with Crippen molar-refractivity contribution in [2.45, 2.75) is 39.0 Å². The van der Waals surface area contributed by atoms with Crippen LogP contribution in [0.15, 0.2) is 78.4 Å². The summed E-state index contributed by atoms with van der Waals surface area (Å²) in [6.45, 7) is 2.75. The molecule has 50 heavy (non-hydrogen) atoms. The summed E-state index contributed by atoms with van der Waals surface area (Å²) in [7, 11) is 0. The summed E-state index contributed by atoms with van der Waals surface area (Å²) in [4.78, 5) is 82.1. The van der Waals surface area contributed by atoms with E-state index in [-0.39, 0.29) is 41.3 Å². The average Bonchev–Trinajstić information content (AvgIpc) is 3.47. The number of carbonyl (C=O) groups excluding carboxylic acids is 6. The highest BCUT2D eigenvalue weighted by Crippen LogP contribution is 2.59. The SMILES string of the molecule is CC(=O)c1ccc(N2C(=O)[C@H]3[C@H](CC=C4[C@H]3C[C@H]3C(=O)N(c5ccc(C(C)=O)cc5)C(=O)[C@H]3[C@H]4c3cc(OC(F)(F)F)ccc3O)C2=O)cc1. The van der Waals surface area contributed by atoms with Gasteiger partial charge in [-0.05, 0) is 99.3 Å². The number of carbonyl (C=O) groups is 6. The molecule has 0 unspecified atom stereocenters. The quantitative estimate of drug-likeness (QED) is 0.197. The lowest BCUT2D eigenvalue weighted by molar-refractivity contribution is -0.274. The Morgan fingerprint density at radius 1 is 0.720 bits per heavy atom. The highest BCUT2D eigenvalue weighted by atomic mass is 19.4. The number of imide groups is 2. The number of hydrogen-bond donors (Lipinski definition) is 1. The third kappa shape index (κ3) is 5.28. The molecular weight excluding hydrogens is 657 g/mol. The molecule has 0 aromatic heterocycles. The number of nitrogens with zero attached hydrogens (tertiary/aromatic N) is 2. The maximum absolute atomic E-state index is 14.3. The van der Waals surface area contributed by atoms with Gasteiger partial charge in [-0.2, -0.15) is 0 Å². The van der Waals surface area contributed by atoms with Crippen molar-refractivity contribution in [1.29, 1.82) is 0 Å². The molecule has 4 aliphatic rings. The van der Waals surface area contributed by atoms with E-state index < -0.39 is 77.0 Å². The standard InChI is InChI=1S/C37H29F3N2O8/c1-17(43)19-3-7-21(8-4-19)41-33(46)25-13-12-24-26(31(25)35(41)48)16-28-32(30(24)27-15-23(11-14-29(27)45)50-37(38,39)40)36(49)42(34(28)47)22-9-5-20(6-10-22)18(2)44/h3-12,14-15,25-26,28,30-32,45H,13,16H2,1-2H3/t25-,26+,28+,30+,31-,32+/m0/s1. The Balaban J connectivity index is 1.33. The van der Waals surface area contributed by atoms with Gasteiger partial charge in [-0.1, -0.05) is 11.6 Å². The number of amides is 4. The van der Waals surface area contributed by atoms with Crippen LogP contribution in [-0.2, 0) is 19.2 Å². The molecule has 3 aromatic carbocycles. The van der Waals surface area contributed by atoms with Crippen LogP contribution in [0, 0.1) is 29.6 Å². The zero-order valence-electron chi connectivity index (χ0n) is 26.6. The van der Waals surface area contributed by atoms with Crippen LogP contribution in [0.4, 0.5) is 24.5 Å². The van der Waals surface area contributed by atoms with Crippen molar-refractivity contribution in [3.05, 3.63) is 95.1 Å². The molecule has 6 atom stereocenters. The summed E-state index contributed by atoms with van der Waals surface area (Å²) in [5.41, 5.74) is 1.53. The van der Waals surface area contributed by atoms with E-state index in [1.54, 1.807) is 6.08 Å². The van der Waals surface area contributed by atoms with Gasteiger partial charge in [0.2, 0.25) is 23.6 Å². The van der Waals surface area contributed by atoms with Crippen molar-refractivity contribution in [1.82, 2.24) is 0 Å².